The molecule has 2 saturated heterocycles. The summed E-state index contributed by atoms with van der Waals surface area (Å²) in [5, 5.41) is 4.63. The van der Waals surface area contributed by atoms with Crippen LogP contribution in [0.4, 0.5) is 0 Å². The second kappa shape index (κ2) is 5.81. The van der Waals surface area contributed by atoms with E-state index in [1.807, 2.05) is 0 Å². The fourth-order valence-electron chi connectivity index (χ4n) is 2.18. The van der Waals surface area contributed by atoms with Crippen molar-refractivity contribution in [2.75, 3.05) is 6.54 Å². The maximum Gasteiger partial charge on any atom is 0.249 e. The first-order chi connectivity index (χ1) is 9.47. The summed E-state index contributed by atoms with van der Waals surface area (Å²) in [6, 6.07) is -0.731. The van der Waals surface area contributed by atoms with Gasteiger partial charge in [0.1, 0.15) is 6.04 Å². The number of imide groups is 2. The fraction of sp³-hybridized carbons (Fsp3) is 0.583. The van der Waals surface area contributed by atoms with E-state index in [4.69, 9.17) is 0 Å². The number of nitrogens with one attached hydrogen (secondary N) is 2. The van der Waals surface area contributed by atoms with Crippen molar-refractivity contribution in [2.24, 2.45) is 0 Å². The molecule has 2 N–H and O–H groups in total. The third kappa shape index (κ3) is 3.19. The van der Waals surface area contributed by atoms with Gasteiger partial charge in [0, 0.05) is 32.2 Å². The highest BCUT2D eigenvalue weighted by atomic mass is 16.2. The summed E-state index contributed by atoms with van der Waals surface area (Å²) >= 11 is 0. The summed E-state index contributed by atoms with van der Waals surface area (Å²) in [6.45, 7) is 0.0246. The first-order valence-electron chi connectivity index (χ1n) is 6.43. The number of piperidine rings is 1. The van der Waals surface area contributed by atoms with E-state index in [1.54, 1.807) is 0 Å². The van der Waals surface area contributed by atoms with Gasteiger partial charge in [0.15, 0.2) is 0 Å². The smallest absolute Gasteiger partial charge is 0.249 e. The van der Waals surface area contributed by atoms with Crippen molar-refractivity contribution in [3.8, 4) is 0 Å². The quantitative estimate of drug-likeness (QED) is 0.606. The Morgan fingerprint density at radius 1 is 1.15 bits per heavy atom. The Balaban J connectivity index is 1.78. The van der Waals surface area contributed by atoms with Crippen molar-refractivity contribution in [1.82, 2.24) is 15.5 Å². The Labute approximate surface area is 114 Å². The first kappa shape index (κ1) is 14.2. The zero-order valence-corrected chi connectivity index (χ0v) is 10.8. The van der Waals surface area contributed by atoms with Crippen LogP contribution in [0.5, 0.6) is 0 Å². The van der Waals surface area contributed by atoms with Crippen LogP contribution in [0.25, 0.3) is 0 Å². The fourth-order valence-corrected chi connectivity index (χ4v) is 2.18. The molecule has 2 rings (SSSR count). The van der Waals surface area contributed by atoms with Crippen LogP contribution in [0.1, 0.15) is 32.1 Å². The van der Waals surface area contributed by atoms with Crippen molar-refractivity contribution in [1.29, 1.82) is 0 Å². The summed E-state index contributed by atoms with van der Waals surface area (Å²) < 4.78 is 0. The molecule has 0 aromatic carbocycles. The van der Waals surface area contributed by atoms with Gasteiger partial charge in [0.2, 0.25) is 29.5 Å². The number of carbonyl (C=O) groups is 5. The van der Waals surface area contributed by atoms with E-state index < -0.39 is 17.9 Å². The van der Waals surface area contributed by atoms with Crippen molar-refractivity contribution in [3.05, 3.63) is 0 Å². The van der Waals surface area contributed by atoms with Gasteiger partial charge in [-0.25, -0.2) is 0 Å². The van der Waals surface area contributed by atoms with Gasteiger partial charge in [-0.05, 0) is 6.42 Å². The molecule has 0 bridgehead atoms. The van der Waals surface area contributed by atoms with Gasteiger partial charge in [-0.2, -0.15) is 0 Å². The molecule has 0 aromatic heterocycles. The third-order valence-electron chi connectivity index (χ3n) is 3.29. The van der Waals surface area contributed by atoms with Gasteiger partial charge in [0.25, 0.3) is 0 Å². The minimum absolute atomic E-state index is 0.0246. The molecule has 1 atom stereocenters. The number of carbonyl (C=O) groups excluding carboxylic acids is 5. The number of hydrogen-bond acceptors (Lipinski definition) is 5. The molecule has 2 fully saturated rings. The Hall–Kier alpha value is -2.25. The second-order valence-corrected chi connectivity index (χ2v) is 4.76. The Morgan fingerprint density at radius 3 is 2.40 bits per heavy atom. The van der Waals surface area contributed by atoms with Gasteiger partial charge in [0.05, 0.1) is 0 Å². The summed E-state index contributed by atoms with van der Waals surface area (Å²) in [7, 11) is 0. The molecule has 2 aliphatic rings. The minimum Gasteiger partial charge on any atom is -0.344 e. The summed E-state index contributed by atoms with van der Waals surface area (Å²) in [4.78, 5) is 57.8. The highest BCUT2D eigenvalue weighted by Gasteiger charge is 2.30. The molecular formula is C12H15N3O5. The van der Waals surface area contributed by atoms with E-state index in [2.05, 4.69) is 10.6 Å². The van der Waals surface area contributed by atoms with Gasteiger partial charge in [-0.3, -0.25) is 34.2 Å². The van der Waals surface area contributed by atoms with E-state index in [9.17, 15) is 24.0 Å². The lowest BCUT2D eigenvalue weighted by atomic mass is 10.1. The molecule has 0 aliphatic carbocycles. The standard InChI is InChI=1S/C12H15N3O5/c16-8-2-1-7(12(20)14-8)13-9(17)5-6-15-10(18)3-4-11(15)19/h7H,1-6H2,(H,13,17)(H,14,16,20). The first-order valence-corrected chi connectivity index (χ1v) is 6.43. The topological polar surface area (TPSA) is 113 Å². The third-order valence-corrected chi connectivity index (χ3v) is 3.29. The largest absolute Gasteiger partial charge is 0.344 e. The molecule has 0 spiro atoms. The van der Waals surface area contributed by atoms with E-state index in [0.717, 1.165) is 4.90 Å². The number of hydrogen-bond donors (Lipinski definition) is 2. The molecule has 2 aliphatic heterocycles. The molecule has 108 valence electrons. The van der Waals surface area contributed by atoms with Crippen LogP contribution in [0, 0.1) is 0 Å². The molecular weight excluding hydrogens is 266 g/mol. The zero-order chi connectivity index (χ0) is 14.7. The van der Waals surface area contributed by atoms with Gasteiger partial charge in [-0.15, -0.1) is 0 Å². The van der Waals surface area contributed by atoms with Gasteiger partial charge >= 0.3 is 0 Å². The van der Waals surface area contributed by atoms with E-state index in [1.165, 1.54) is 0 Å². The van der Waals surface area contributed by atoms with Crippen LogP contribution >= 0.6 is 0 Å². The van der Waals surface area contributed by atoms with Crippen molar-refractivity contribution in [3.63, 3.8) is 0 Å². The monoisotopic (exact) mass is 281 g/mol. The molecule has 8 heteroatoms. The Morgan fingerprint density at radius 2 is 1.80 bits per heavy atom. The number of nitrogens with zero attached hydrogens (tertiary/aromatic N) is 1. The van der Waals surface area contributed by atoms with Crippen LogP contribution < -0.4 is 10.6 Å². The van der Waals surface area contributed by atoms with E-state index >= 15 is 0 Å². The lowest BCUT2D eigenvalue weighted by Crippen LogP contribution is -2.52. The van der Waals surface area contributed by atoms with Crippen LogP contribution in [-0.4, -0.2) is 47.0 Å². The maximum atomic E-state index is 11.7. The minimum atomic E-state index is -0.731. The van der Waals surface area contributed by atoms with Crippen LogP contribution in [0.3, 0.4) is 0 Å². The highest BCUT2D eigenvalue weighted by Crippen LogP contribution is 2.12. The molecule has 0 radical (unpaired) electrons. The average Bonchev–Trinajstić information content (AvgIpc) is 2.70. The molecule has 5 amide bonds. The Bertz CT molecular complexity index is 471. The number of likely N-dealkylation sites (tertiary alicyclic amines) is 1. The lowest BCUT2D eigenvalue weighted by Gasteiger charge is -2.22. The second-order valence-electron chi connectivity index (χ2n) is 4.76. The normalized spacial score (nSPS) is 23.0. The number of rotatable bonds is 4. The maximum absolute atomic E-state index is 11.7. The predicted molar refractivity (Wildman–Crippen MR) is 64.9 cm³/mol. The van der Waals surface area contributed by atoms with Gasteiger partial charge < -0.3 is 5.32 Å². The van der Waals surface area contributed by atoms with Crippen molar-refractivity contribution >= 4 is 29.5 Å². The average molecular weight is 281 g/mol. The van der Waals surface area contributed by atoms with Crippen LogP contribution in [0.15, 0.2) is 0 Å². The molecule has 1 unspecified atom stereocenters. The van der Waals surface area contributed by atoms with Gasteiger partial charge in [-0.1, -0.05) is 0 Å². The summed E-state index contributed by atoms with van der Waals surface area (Å²) in [6.07, 6.45) is 0.772. The Kier molecular flexibility index (Phi) is 4.11. The predicted octanol–water partition coefficient (Wildman–Crippen LogP) is -1.55. The van der Waals surface area contributed by atoms with Crippen LogP contribution in [-0.2, 0) is 24.0 Å². The van der Waals surface area contributed by atoms with Crippen molar-refractivity contribution < 1.29 is 24.0 Å². The SMILES string of the molecule is O=C1CCC(NC(=O)CCN2C(=O)CCC2=O)C(=O)N1. The van der Waals surface area contributed by atoms with Crippen molar-refractivity contribution in [2.45, 2.75) is 38.1 Å². The molecule has 0 aromatic rings. The molecule has 8 nitrogen and oxygen atoms in total. The highest BCUT2D eigenvalue weighted by molar-refractivity contribution is 6.03. The van der Waals surface area contributed by atoms with Crippen LogP contribution in [0.2, 0.25) is 0 Å². The molecule has 20 heavy (non-hydrogen) atoms. The zero-order valence-electron chi connectivity index (χ0n) is 10.8. The molecule has 2 heterocycles. The van der Waals surface area contributed by atoms with E-state index in [0.29, 0.717) is 0 Å². The van der Waals surface area contributed by atoms with E-state index in [-0.39, 0.29) is 56.4 Å². The number of amides is 5. The lowest BCUT2D eigenvalue weighted by molar-refractivity contribution is -0.140. The summed E-state index contributed by atoms with van der Waals surface area (Å²) in [5.41, 5.74) is 0. The molecule has 0 saturated carbocycles. The summed E-state index contributed by atoms with van der Waals surface area (Å²) in [5.74, 6) is -1.85.